The minimum atomic E-state index is -0.206. The van der Waals surface area contributed by atoms with Gasteiger partial charge < -0.3 is 14.7 Å². The van der Waals surface area contributed by atoms with Crippen LogP contribution in [0.25, 0.3) is 0 Å². The van der Waals surface area contributed by atoms with Crippen molar-refractivity contribution < 1.29 is 14.6 Å². The molecule has 1 N–H and O–H groups in total. The summed E-state index contributed by atoms with van der Waals surface area (Å²) in [6, 6.07) is 0.256. The molecule has 0 aromatic carbocycles. The van der Waals surface area contributed by atoms with Crippen LogP contribution in [0.15, 0.2) is 0 Å². The van der Waals surface area contributed by atoms with Crippen molar-refractivity contribution in [3.63, 3.8) is 0 Å². The van der Waals surface area contributed by atoms with E-state index in [-0.39, 0.29) is 24.8 Å². The van der Waals surface area contributed by atoms with Gasteiger partial charge in [-0.15, -0.1) is 0 Å². The Hall–Kier alpha value is -0.810. The number of carbonyl (C=O) groups excluding carboxylic acids is 1. The zero-order chi connectivity index (χ0) is 15.9. The van der Waals surface area contributed by atoms with Gasteiger partial charge in [0.2, 0.25) is 0 Å². The number of carbonyl (C=O) groups is 1. The number of hydrogen-bond acceptors (Lipinski definition) is 4. The Morgan fingerprint density at radius 2 is 1.77 bits per heavy atom. The Morgan fingerprint density at radius 1 is 1.14 bits per heavy atom. The summed E-state index contributed by atoms with van der Waals surface area (Å²) >= 11 is 0. The van der Waals surface area contributed by atoms with Gasteiger partial charge in [-0.1, -0.05) is 32.1 Å². The summed E-state index contributed by atoms with van der Waals surface area (Å²) < 4.78 is 5.25. The summed E-state index contributed by atoms with van der Waals surface area (Å²) in [4.78, 5) is 16.0. The minimum Gasteiger partial charge on any atom is -0.447 e. The number of amides is 1. The number of nitrogens with zero attached hydrogens (tertiary/aromatic N) is 2. The van der Waals surface area contributed by atoms with Gasteiger partial charge in [-0.3, -0.25) is 4.90 Å². The van der Waals surface area contributed by atoms with Crippen LogP contribution in [0.2, 0.25) is 0 Å². The normalized spacial score (nSPS) is 22.8. The molecule has 1 atom stereocenters. The number of aliphatic hydroxyl groups excluding tert-OH is 1. The van der Waals surface area contributed by atoms with Gasteiger partial charge in [-0.05, 0) is 26.2 Å². The molecule has 5 heteroatoms. The van der Waals surface area contributed by atoms with Crippen LogP contribution in [0.4, 0.5) is 4.79 Å². The topological polar surface area (TPSA) is 53.0 Å². The van der Waals surface area contributed by atoms with Crippen molar-refractivity contribution in [3.05, 3.63) is 0 Å². The molecule has 1 saturated carbocycles. The lowest BCUT2D eigenvalue weighted by Gasteiger charge is -2.40. The maximum atomic E-state index is 11.9. The van der Waals surface area contributed by atoms with Gasteiger partial charge in [0.05, 0.1) is 12.7 Å². The summed E-state index contributed by atoms with van der Waals surface area (Å²) in [6.45, 7) is 7.06. The zero-order valence-electron chi connectivity index (χ0n) is 14.2. The average Bonchev–Trinajstić information content (AvgIpc) is 2.53. The molecule has 2 fully saturated rings. The van der Waals surface area contributed by atoms with E-state index in [1.165, 1.54) is 32.1 Å². The first-order chi connectivity index (χ1) is 10.6. The second-order valence-corrected chi connectivity index (χ2v) is 7.03. The highest BCUT2D eigenvalue weighted by Gasteiger charge is 2.28. The van der Waals surface area contributed by atoms with E-state index in [4.69, 9.17) is 4.74 Å². The van der Waals surface area contributed by atoms with Crippen molar-refractivity contribution in [2.45, 2.75) is 64.5 Å². The second kappa shape index (κ2) is 8.73. The summed E-state index contributed by atoms with van der Waals surface area (Å²) in [5, 5.41) is 9.76. The molecule has 128 valence electrons. The third kappa shape index (κ3) is 5.13. The molecular weight excluding hydrogens is 280 g/mol. The Balaban J connectivity index is 1.77. The van der Waals surface area contributed by atoms with Crippen molar-refractivity contribution in [2.75, 3.05) is 32.8 Å². The fourth-order valence-corrected chi connectivity index (χ4v) is 3.69. The van der Waals surface area contributed by atoms with Crippen molar-refractivity contribution in [1.29, 1.82) is 0 Å². The van der Waals surface area contributed by atoms with E-state index in [1.807, 2.05) is 13.8 Å². The highest BCUT2D eigenvalue weighted by atomic mass is 16.6. The van der Waals surface area contributed by atoms with E-state index in [0.717, 1.165) is 25.4 Å². The Bertz CT molecular complexity index is 335. The van der Waals surface area contributed by atoms with E-state index in [2.05, 4.69) is 4.90 Å². The van der Waals surface area contributed by atoms with Crippen molar-refractivity contribution in [3.8, 4) is 0 Å². The number of aliphatic hydroxyl groups is 1. The third-order valence-electron chi connectivity index (χ3n) is 4.97. The Labute approximate surface area is 134 Å². The molecule has 1 heterocycles. The number of piperazine rings is 1. The predicted molar refractivity (Wildman–Crippen MR) is 86.8 cm³/mol. The van der Waals surface area contributed by atoms with Gasteiger partial charge in [0, 0.05) is 32.2 Å². The van der Waals surface area contributed by atoms with Gasteiger partial charge in [0.1, 0.15) is 0 Å². The molecule has 2 rings (SSSR count). The molecule has 1 aliphatic carbocycles. The monoisotopic (exact) mass is 312 g/mol. The van der Waals surface area contributed by atoms with E-state index in [0.29, 0.717) is 13.1 Å². The number of rotatable bonds is 5. The van der Waals surface area contributed by atoms with E-state index >= 15 is 0 Å². The summed E-state index contributed by atoms with van der Waals surface area (Å²) in [6.07, 6.45) is 7.53. The highest BCUT2D eigenvalue weighted by Crippen LogP contribution is 2.28. The molecule has 1 saturated heterocycles. The first kappa shape index (κ1) is 17.5. The predicted octanol–water partition coefficient (Wildman–Crippen LogP) is 2.48. The Morgan fingerprint density at radius 3 is 2.32 bits per heavy atom. The first-order valence-corrected chi connectivity index (χ1v) is 8.90. The molecule has 0 radical (unpaired) electrons. The van der Waals surface area contributed by atoms with Crippen LogP contribution >= 0.6 is 0 Å². The van der Waals surface area contributed by atoms with Crippen LogP contribution in [0, 0.1) is 5.92 Å². The van der Waals surface area contributed by atoms with Crippen LogP contribution in [-0.4, -0.2) is 65.9 Å². The Kier molecular flexibility index (Phi) is 6.96. The molecule has 22 heavy (non-hydrogen) atoms. The summed E-state index contributed by atoms with van der Waals surface area (Å²) in [7, 11) is 0. The zero-order valence-corrected chi connectivity index (χ0v) is 14.2. The molecule has 0 aromatic heterocycles. The van der Waals surface area contributed by atoms with Gasteiger partial charge in [-0.2, -0.15) is 0 Å². The lowest BCUT2D eigenvalue weighted by atomic mass is 9.84. The van der Waals surface area contributed by atoms with E-state index < -0.39 is 0 Å². The minimum absolute atomic E-state index is 0.0676. The molecule has 0 aromatic rings. The quantitative estimate of drug-likeness (QED) is 0.847. The van der Waals surface area contributed by atoms with Crippen LogP contribution in [0.3, 0.4) is 0 Å². The van der Waals surface area contributed by atoms with Crippen LogP contribution in [0.1, 0.15) is 52.4 Å². The van der Waals surface area contributed by atoms with Crippen LogP contribution in [0.5, 0.6) is 0 Å². The third-order valence-corrected chi connectivity index (χ3v) is 4.97. The van der Waals surface area contributed by atoms with E-state index in [1.54, 1.807) is 4.90 Å². The maximum Gasteiger partial charge on any atom is 0.410 e. The van der Waals surface area contributed by atoms with Gasteiger partial charge in [0.15, 0.2) is 0 Å². The van der Waals surface area contributed by atoms with Crippen molar-refractivity contribution in [2.24, 2.45) is 5.92 Å². The summed E-state index contributed by atoms with van der Waals surface area (Å²) in [5.74, 6) is 0.773. The van der Waals surface area contributed by atoms with Crippen LogP contribution < -0.4 is 0 Å². The second-order valence-electron chi connectivity index (χ2n) is 7.03. The van der Waals surface area contributed by atoms with Crippen LogP contribution in [-0.2, 0) is 4.74 Å². The molecule has 1 aliphatic heterocycles. The molecule has 0 spiro atoms. The summed E-state index contributed by atoms with van der Waals surface area (Å²) in [5.41, 5.74) is 0. The SMILES string of the molecule is CC(C)OC(=O)N1CCN(C(CO)CC2CCCCC2)CC1. The number of ether oxygens (including phenoxy) is 1. The van der Waals surface area contributed by atoms with Crippen molar-refractivity contribution in [1.82, 2.24) is 9.80 Å². The largest absolute Gasteiger partial charge is 0.447 e. The molecule has 2 aliphatic rings. The highest BCUT2D eigenvalue weighted by molar-refractivity contribution is 5.67. The fraction of sp³-hybridized carbons (Fsp3) is 0.941. The molecule has 1 amide bonds. The standard InChI is InChI=1S/C17H32N2O3/c1-14(2)22-17(21)19-10-8-18(9-11-19)16(13-20)12-15-6-4-3-5-7-15/h14-16,20H,3-13H2,1-2H3. The first-order valence-electron chi connectivity index (χ1n) is 8.90. The molecule has 1 unspecified atom stereocenters. The molecule has 0 bridgehead atoms. The fourth-order valence-electron chi connectivity index (χ4n) is 3.69. The van der Waals surface area contributed by atoms with Gasteiger partial charge in [0.25, 0.3) is 0 Å². The smallest absolute Gasteiger partial charge is 0.410 e. The average molecular weight is 312 g/mol. The van der Waals surface area contributed by atoms with Gasteiger partial charge >= 0.3 is 6.09 Å². The molecule has 5 nitrogen and oxygen atoms in total. The lowest BCUT2D eigenvalue weighted by Crippen LogP contribution is -2.53. The maximum absolute atomic E-state index is 11.9. The van der Waals surface area contributed by atoms with Gasteiger partial charge in [-0.25, -0.2) is 4.79 Å². The number of hydrogen-bond donors (Lipinski definition) is 1. The van der Waals surface area contributed by atoms with E-state index in [9.17, 15) is 9.90 Å². The van der Waals surface area contributed by atoms with Crippen molar-refractivity contribution >= 4 is 6.09 Å². The molecular formula is C17H32N2O3. The lowest BCUT2D eigenvalue weighted by molar-refractivity contribution is 0.0313.